The maximum atomic E-state index is 13.5. The lowest BCUT2D eigenvalue weighted by atomic mass is 9.93. The van der Waals surface area contributed by atoms with Gasteiger partial charge in [0, 0.05) is 31.8 Å². The summed E-state index contributed by atoms with van der Waals surface area (Å²) in [5, 5.41) is 20.2. The third kappa shape index (κ3) is 9.16. The number of hydrogen-bond donors (Lipinski definition) is 2. The lowest BCUT2D eigenvalue weighted by molar-refractivity contribution is -0.384. The van der Waals surface area contributed by atoms with Gasteiger partial charge in [-0.1, -0.05) is 34.1 Å². The number of carbonyl (C=O) groups is 2. The van der Waals surface area contributed by atoms with E-state index >= 15 is 0 Å². The lowest BCUT2D eigenvalue weighted by Gasteiger charge is -2.42. The number of non-ortho nitro benzene ring substituents is 1. The van der Waals surface area contributed by atoms with Gasteiger partial charge in [-0.15, -0.1) is 0 Å². The minimum Gasteiger partial charge on any atom is -0.481 e. The van der Waals surface area contributed by atoms with E-state index < -0.39 is 59.6 Å². The van der Waals surface area contributed by atoms with Crippen molar-refractivity contribution >= 4 is 35.9 Å². The molecule has 0 aliphatic rings. The topological polar surface area (TPSA) is 156 Å². The van der Waals surface area contributed by atoms with Gasteiger partial charge in [-0.2, -0.15) is 0 Å². The second-order valence-corrected chi connectivity index (χ2v) is 17.3. The first kappa shape index (κ1) is 32.7. The van der Waals surface area contributed by atoms with Crippen molar-refractivity contribution in [2.45, 2.75) is 89.1 Å². The number of rotatable bonds is 14. The fourth-order valence-electron chi connectivity index (χ4n) is 3.42. The summed E-state index contributed by atoms with van der Waals surface area (Å²) in [7, 11) is -4.79. The van der Waals surface area contributed by atoms with Crippen molar-refractivity contribution in [2.75, 3.05) is 13.6 Å². The zero-order valence-electron chi connectivity index (χ0n) is 23.0. The van der Waals surface area contributed by atoms with Gasteiger partial charge in [-0.25, -0.2) is 13.1 Å². The molecule has 0 fully saturated rings. The number of carbonyl (C=O) groups excluding carboxylic acids is 1. The van der Waals surface area contributed by atoms with Crippen molar-refractivity contribution in [3.05, 3.63) is 34.4 Å². The molecule has 1 amide bonds. The van der Waals surface area contributed by atoms with Crippen LogP contribution in [-0.2, 0) is 24.0 Å². The summed E-state index contributed by atoms with van der Waals surface area (Å²) in [4.78, 5) is 36.6. The van der Waals surface area contributed by atoms with Gasteiger partial charge in [0.25, 0.3) is 5.69 Å². The fraction of sp³-hybridized carbons (Fsp3) is 0.667. The molecule has 2 N–H and O–H groups in total. The molecule has 1 aromatic carbocycles. The van der Waals surface area contributed by atoms with Crippen molar-refractivity contribution in [2.24, 2.45) is 5.92 Å². The number of amides is 1. The Morgan fingerprint density at radius 3 is 2.19 bits per heavy atom. The quantitative estimate of drug-likeness (QED) is 0.197. The molecule has 1 aromatic rings. The van der Waals surface area contributed by atoms with E-state index in [4.69, 9.17) is 4.43 Å². The maximum absolute atomic E-state index is 13.5. The van der Waals surface area contributed by atoms with Crippen LogP contribution in [-0.4, -0.2) is 69.3 Å². The summed E-state index contributed by atoms with van der Waals surface area (Å²) in [6, 6.07) is 3.86. The largest absolute Gasteiger partial charge is 0.481 e. The zero-order chi connectivity index (χ0) is 28.8. The highest BCUT2D eigenvalue weighted by Crippen LogP contribution is 2.39. The highest BCUT2D eigenvalue weighted by atomic mass is 32.2. The van der Waals surface area contributed by atoms with Crippen LogP contribution in [0.4, 0.5) is 5.69 Å². The minimum atomic E-state index is -3.99. The van der Waals surface area contributed by atoms with Gasteiger partial charge < -0.3 is 14.4 Å². The Kier molecular flexibility index (Phi) is 11.4. The fourth-order valence-corrected chi connectivity index (χ4v) is 5.94. The Bertz CT molecular complexity index is 1050. The molecule has 11 nitrogen and oxygen atoms in total. The van der Waals surface area contributed by atoms with Crippen molar-refractivity contribution in [3.63, 3.8) is 0 Å². The number of likely N-dealkylation sites (N-methyl/N-ethyl adjacent to an activating group) is 1. The standard InChI is InChI=1S/C24H41N3O8SSi/c1-9-10-21(35-37(7,8)24(3,4)5)20(15-22(28)29)23(30)26(6)17(2)16-25-36(33,34)19-13-11-18(12-14-19)27(31)32/h11-14,17,20-21,25H,9-10,15-16H2,1-8H3,(H,28,29). The minimum absolute atomic E-state index is 0.134. The monoisotopic (exact) mass is 559 g/mol. The van der Waals surface area contributed by atoms with Crippen LogP contribution in [0.15, 0.2) is 29.2 Å². The summed E-state index contributed by atoms with van der Waals surface area (Å²) in [6.07, 6.45) is 0.243. The Balaban J connectivity index is 3.08. The van der Waals surface area contributed by atoms with Gasteiger partial charge in [0.1, 0.15) is 0 Å². The second kappa shape index (κ2) is 12.9. The first-order valence-electron chi connectivity index (χ1n) is 12.2. The second-order valence-electron chi connectivity index (χ2n) is 10.8. The molecule has 0 saturated carbocycles. The van der Waals surface area contributed by atoms with E-state index in [9.17, 15) is 33.2 Å². The molecule has 37 heavy (non-hydrogen) atoms. The first-order valence-corrected chi connectivity index (χ1v) is 16.6. The Labute approximate surface area is 220 Å². The number of nitro benzene ring substituents is 1. The zero-order valence-corrected chi connectivity index (χ0v) is 24.8. The predicted octanol–water partition coefficient (Wildman–Crippen LogP) is 4.00. The number of nitrogens with zero attached hydrogens (tertiary/aromatic N) is 2. The Hall–Kier alpha value is -2.35. The van der Waals surface area contributed by atoms with Crippen LogP contribution in [0.2, 0.25) is 18.1 Å². The molecular weight excluding hydrogens is 518 g/mol. The van der Waals surface area contributed by atoms with Crippen molar-refractivity contribution in [1.29, 1.82) is 0 Å². The average molecular weight is 560 g/mol. The summed E-state index contributed by atoms with van der Waals surface area (Å²) >= 11 is 0. The molecule has 3 unspecified atom stereocenters. The third-order valence-electron chi connectivity index (χ3n) is 6.92. The van der Waals surface area contributed by atoms with Crippen molar-refractivity contribution in [1.82, 2.24) is 9.62 Å². The Morgan fingerprint density at radius 2 is 1.76 bits per heavy atom. The maximum Gasteiger partial charge on any atom is 0.304 e. The molecule has 0 spiro atoms. The van der Waals surface area contributed by atoms with E-state index in [1.807, 2.05) is 6.92 Å². The Morgan fingerprint density at radius 1 is 1.22 bits per heavy atom. The summed E-state index contributed by atoms with van der Waals surface area (Å²) in [5.74, 6) is -2.47. The molecule has 13 heteroatoms. The smallest absolute Gasteiger partial charge is 0.304 e. The van der Waals surface area contributed by atoms with Crippen LogP contribution in [0.5, 0.6) is 0 Å². The highest BCUT2D eigenvalue weighted by molar-refractivity contribution is 7.89. The summed E-state index contributed by atoms with van der Waals surface area (Å²) in [5.41, 5.74) is -0.233. The van der Waals surface area contributed by atoms with Gasteiger partial charge in [-0.05, 0) is 43.6 Å². The number of benzene rings is 1. The predicted molar refractivity (Wildman–Crippen MR) is 143 cm³/mol. The first-order chi connectivity index (χ1) is 16.8. The lowest BCUT2D eigenvalue weighted by Crippen LogP contribution is -2.51. The molecule has 210 valence electrons. The molecule has 3 atom stereocenters. The van der Waals surface area contributed by atoms with Crippen LogP contribution in [0.3, 0.4) is 0 Å². The van der Waals surface area contributed by atoms with Gasteiger partial charge in [-0.3, -0.25) is 19.7 Å². The molecule has 0 saturated heterocycles. The third-order valence-corrected chi connectivity index (χ3v) is 12.9. The molecule has 0 bridgehead atoms. The van der Waals surface area contributed by atoms with E-state index in [-0.39, 0.29) is 22.2 Å². The molecule has 0 aliphatic heterocycles. The molecule has 0 radical (unpaired) electrons. The number of nitro groups is 1. The molecule has 0 heterocycles. The number of hydrogen-bond acceptors (Lipinski definition) is 7. The van der Waals surface area contributed by atoms with E-state index in [0.29, 0.717) is 12.8 Å². The normalized spacial score (nSPS) is 15.0. The summed E-state index contributed by atoms with van der Waals surface area (Å²) in [6.45, 7) is 13.8. The van der Waals surface area contributed by atoms with Crippen molar-refractivity contribution in [3.8, 4) is 0 Å². The average Bonchev–Trinajstić information content (AvgIpc) is 2.78. The molecular formula is C24H41N3O8SSi. The van der Waals surface area contributed by atoms with Gasteiger partial charge in [0.2, 0.25) is 15.9 Å². The molecule has 1 rings (SSSR count). The van der Waals surface area contributed by atoms with Crippen LogP contribution >= 0.6 is 0 Å². The SMILES string of the molecule is CCCC(O[Si](C)(C)C(C)(C)C)C(CC(=O)O)C(=O)N(C)C(C)CNS(=O)(=O)c1ccc([N+](=O)[O-])cc1. The van der Waals surface area contributed by atoms with Gasteiger partial charge >= 0.3 is 5.97 Å². The van der Waals surface area contributed by atoms with Crippen LogP contribution < -0.4 is 4.72 Å². The number of nitrogens with one attached hydrogen (secondary N) is 1. The number of sulfonamides is 1. The van der Waals surface area contributed by atoms with E-state index in [0.717, 1.165) is 24.3 Å². The van der Waals surface area contributed by atoms with E-state index in [2.05, 4.69) is 38.6 Å². The van der Waals surface area contributed by atoms with Crippen LogP contribution in [0.1, 0.15) is 53.9 Å². The molecule has 0 aromatic heterocycles. The number of carboxylic acid groups (broad SMARTS) is 1. The van der Waals surface area contributed by atoms with E-state index in [1.54, 1.807) is 6.92 Å². The van der Waals surface area contributed by atoms with Crippen LogP contribution in [0, 0.1) is 16.0 Å². The van der Waals surface area contributed by atoms with Gasteiger partial charge in [0.05, 0.1) is 28.3 Å². The number of aliphatic carboxylic acids is 1. The van der Waals surface area contributed by atoms with E-state index in [1.165, 1.54) is 11.9 Å². The highest BCUT2D eigenvalue weighted by Gasteiger charge is 2.43. The van der Waals surface area contributed by atoms with Gasteiger partial charge in [0.15, 0.2) is 8.32 Å². The molecule has 0 aliphatic carbocycles. The summed E-state index contributed by atoms with van der Waals surface area (Å²) < 4.78 is 34.3. The van der Waals surface area contributed by atoms with Crippen molar-refractivity contribution < 1.29 is 32.5 Å². The van der Waals surface area contributed by atoms with Crippen LogP contribution in [0.25, 0.3) is 0 Å². The number of carboxylic acids is 1.